The van der Waals surface area contributed by atoms with Crippen LogP contribution >= 0.6 is 0 Å². The second-order valence-electron chi connectivity index (χ2n) is 2.77. The summed E-state index contributed by atoms with van der Waals surface area (Å²) in [6.07, 6.45) is 1.91. The summed E-state index contributed by atoms with van der Waals surface area (Å²) in [5.41, 5.74) is 0.843. The molecule has 0 fully saturated rings. The first kappa shape index (κ1) is 8.48. The summed E-state index contributed by atoms with van der Waals surface area (Å²) in [5.74, 6) is -0.791. The first-order valence-corrected chi connectivity index (χ1v) is 5.43. The Kier molecular flexibility index (Phi) is 2.17. The van der Waals surface area contributed by atoms with Gasteiger partial charge in [0.1, 0.15) is 0 Å². The number of carboxylic acid groups (broad SMARTS) is 1. The Bertz CT molecular complexity index is 450. The molecule has 1 N–H and O–H groups in total. The third kappa shape index (κ3) is 1.79. The van der Waals surface area contributed by atoms with Gasteiger partial charge in [-0.05, 0) is 0 Å². The van der Waals surface area contributed by atoms with E-state index >= 15 is 0 Å². The van der Waals surface area contributed by atoms with Crippen molar-refractivity contribution in [2.24, 2.45) is 0 Å². The number of aromatic nitrogens is 1. The van der Waals surface area contributed by atoms with Crippen molar-refractivity contribution in [3.63, 3.8) is 0 Å². The SMILES string of the molecule is O=C(O)Cc1ccc2[se]ncc2c1. The molecule has 0 saturated carbocycles. The van der Waals surface area contributed by atoms with E-state index in [1.54, 1.807) is 0 Å². The predicted molar refractivity (Wildman–Crippen MR) is 50.0 cm³/mol. The summed E-state index contributed by atoms with van der Waals surface area (Å²) in [6, 6.07) is 5.74. The molecule has 0 amide bonds. The normalized spacial score (nSPS) is 10.5. The van der Waals surface area contributed by atoms with E-state index in [-0.39, 0.29) is 21.2 Å². The zero-order chi connectivity index (χ0) is 9.26. The van der Waals surface area contributed by atoms with Crippen molar-refractivity contribution in [1.29, 1.82) is 0 Å². The van der Waals surface area contributed by atoms with E-state index in [9.17, 15) is 4.79 Å². The van der Waals surface area contributed by atoms with Crippen LogP contribution in [0.4, 0.5) is 0 Å². The molecule has 2 aromatic rings. The van der Waals surface area contributed by atoms with Gasteiger partial charge < -0.3 is 0 Å². The van der Waals surface area contributed by atoms with Crippen LogP contribution in [0.25, 0.3) is 9.65 Å². The number of benzene rings is 1. The fourth-order valence-electron chi connectivity index (χ4n) is 1.21. The molecule has 0 aliphatic carbocycles. The van der Waals surface area contributed by atoms with Crippen LogP contribution in [-0.2, 0) is 11.2 Å². The average molecular weight is 240 g/mol. The maximum absolute atomic E-state index is 10.4. The summed E-state index contributed by atoms with van der Waals surface area (Å²) in [6.45, 7) is 0. The molecule has 2 rings (SSSR count). The second-order valence-corrected chi connectivity index (χ2v) is 4.52. The van der Waals surface area contributed by atoms with Crippen molar-refractivity contribution in [2.45, 2.75) is 6.42 Å². The molecular formula is C9H7NO2Se. The number of carbonyl (C=O) groups is 1. The second kappa shape index (κ2) is 3.32. The van der Waals surface area contributed by atoms with E-state index in [4.69, 9.17) is 5.11 Å². The van der Waals surface area contributed by atoms with Crippen molar-refractivity contribution in [2.75, 3.05) is 0 Å². The zero-order valence-corrected chi connectivity index (χ0v) is 8.44. The molecule has 1 heterocycles. The van der Waals surface area contributed by atoms with Crippen LogP contribution in [-0.4, -0.2) is 29.8 Å². The van der Waals surface area contributed by atoms with Crippen LogP contribution in [0.2, 0.25) is 0 Å². The van der Waals surface area contributed by atoms with Gasteiger partial charge in [0.2, 0.25) is 0 Å². The zero-order valence-electron chi connectivity index (χ0n) is 6.73. The van der Waals surface area contributed by atoms with E-state index < -0.39 is 5.97 Å². The van der Waals surface area contributed by atoms with Crippen molar-refractivity contribution < 1.29 is 9.90 Å². The van der Waals surface area contributed by atoms with Gasteiger partial charge in [-0.1, -0.05) is 0 Å². The minimum absolute atomic E-state index is 0.0914. The van der Waals surface area contributed by atoms with Crippen molar-refractivity contribution >= 4 is 30.3 Å². The van der Waals surface area contributed by atoms with Crippen molar-refractivity contribution in [3.8, 4) is 0 Å². The number of hydrogen-bond acceptors (Lipinski definition) is 2. The molecule has 0 saturated heterocycles. The molecule has 0 radical (unpaired) electrons. The number of aliphatic carboxylic acids is 1. The molecule has 13 heavy (non-hydrogen) atoms. The molecule has 3 nitrogen and oxygen atoms in total. The predicted octanol–water partition coefficient (Wildman–Crippen LogP) is 0.919. The van der Waals surface area contributed by atoms with Gasteiger partial charge >= 0.3 is 80.6 Å². The summed E-state index contributed by atoms with van der Waals surface area (Å²) >= 11 is 0.205. The molecule has 0 atom stereocenters. The minimum atomic E-state index is -0.791. The quantitative estimate of drug-likeness (QED) is 0.794. The van der Waals surface area contributed by atoms with Crippen LogP contribution in [0.3, 0.4) is 0 Å². The van der Waals surface area contributed by atoms with Gasteiger partial charge in [-0.2, -0.15) is 0 Å². The number of hydrogen-bond donors (Lipinski definition) is 1. The summed E-state index contributed by atoms with van der Waals surface area (Å²) in [5, 5.41) is 9.67. The van der Waals surface area contributed by atoms with Gasteiger partial charge in [0.15, 0.2) is 0 Å². The van der Waals surface area contributed by atoms with Gasteiger partial charge in [-0.3, -0.25) is 0 Å². The van der Waals surface area contributed by atoms with Gasteiger partial charge in [0.25, 0.3) is 0 Å². The molecule has 0 aliphatic rings. The number of carboxylic acids is 1. The summed E-state index contributed by atoms with van der Waals surface area (Å²) in [4.78, 5) is 10.4. The van der Waals surface area contributed by atoms with Gasteiger partial charge in [0.05, 0.1) is 0 Å². The topological polar surface area (TPSA) is 50.2 Å². The third-order valence-corrected chi connectivity index (χ3v) is 3.41. The Morgan fingerprint density at radius 1 is 1.54 bits per heavy atom. The van der Waals surface area contributed by atoms with Crippen LogP contribution in [0, 0.1) is 0 Å². The molecule has 66 valence electrons. The van der Waals surface area contributed by atoms with Crippen LogP contribution in [0.1, 0.15) is 5.56 Å². The van der Waals surface area contributed by atoms with E-state index in [0.29, 0.717) is 0 Å². The van der Waals surface area contributed by atoms with Crippen molar-refractivity contribution in [3.05, 3.63) is 30.0 Å². The molecule has 0 aliphatic heterocycles. The molecule has 1 aromatic heterocycles. The monoisotopic (exact) mass is 241 g/mol. The fraction of sp³-hybridized carbons (Fsp3) is 0.111. The van der Waals surface area contributed by atoms with E-state index in [0.717, 1.165) is 10.9 Å². The van der Waals surface area contributed by atoms with Crippen LogP contribution < -0.4 is 0 Å². The Hall–Kier alpha value is -1.12. The standard InChI is InChI=1S/C9H7NO2Se/c11-9(12)4-6-1-2-8-7(3-6)5-10-13-8/h1-3,5H,4H2,(H,11,12). The fourth-order valence-corrected chi connectivity index (χ4v) is 2.52. The van der Waals surface area contributed by atoms with Crippen LogP contribution in [0.15, 0.2) is 24.4 Å². The van der Waals surface area contributed by atoms with E-state index in [2.05, 4.69) is 3.98 Å². The average Bonchev–Trinajstić information content (AvgIpc) is 2.49. The van der Waals surface area contributed by atoms with Gasteiger partial charge in [-0.15, -0.1) is 0 Å². The van der Waals surface area contributed by atoms with E-state index in [1.807, 2.05) is 24.4 Å². The van der Waals surface area contributed by atoms with Gasteiger partial charge in [-0.25, -0.2) is 0 Å². The Morgan fingerprint density at radius 3 is 3.15 bits per heavy atom. The molecule has 0 spiro atoms. The Labute approximate surface area is 81.0 Å². The van der Waals surface area contributed by atoms with Gasteiger partial charge in [0, 0.05) is 0 Å². The third-order valence-electron chi connectivity index (χ3n) is 1.77. The van der Waals surface area contributed by atoms with Crippen molar-refractivity contribution in [1.82, 2.24) is 3.98 Å². The van der Waals surface area contributed by atoms with E-state index in [1.165, 1.54) is 4.26 Å². The number of fused-ring (bicyclic) bond motifs is 1. The molecule has 4 heteroatoms. The molecule has 0 unspecified atom stereocenters. The molecule has 1 aromatic carbocycles. The number of nitrogens with zero attached hydrogens (tertiary/aromatic N) is 1. The Balaban J connectivity index is 2.42. The first-order chi connectivity index (χ1) is 6.25. The summed E-state index contributed by atoms with van der Waals surface area (Å²) in [7, 11) is 0. The maximum atomic E-state index is 10.4. The van der Waals surface area contributed by atoms with Crippen LogP contribution in [0.5, 0.6) is 0 Å². The number of rotatable bonds is 2. The molecule has 0 bridgehead atoms. The summed E-state index contributed by atoms with van der Waals surface area (Å²) < 4.78 is 5.40. The first-order valence-electron chi connectivity index (χ1n) is 3.81. The Morgan fingerprint density at radius 2 is 2.38 bits per heavy atom. The molecular weight excluding hydrogens is 233 g/mol.